The van der Waals surface area contributed by atoms with Gasteiger partial charge in [0, 0.05) is 38.6 Å². The summed E-state index contributed by atoms with van der Waals surface area (Å²) >= 11 is 0. The van der Waals surface area contributed by atoms with Crippen LogP contribution in [0.3, 0.4) is 0 Å². The molecule has 1 heterocycles. The van der Waals surface area contributed by atoms with Crippen LogP contribution in [0.15, 0.2) is 12.4 Å². The minimum Gasteiger partial charge on any atom is -0.383 e. The van der Waals surface area contributed by atoms with E-state index in [0.29, 0.717) is 18.7 Å². The van der Waals surface area contributed by atoms with Crippen molar-refractivity contribution in [1.82, 2.24) is 14.5 Å². The zero-order chi connectivity index (χ0) is 13.5. The van der Waals surface area contributed by atoms with E-state index in [1.54, 1.807) is 7.11 Å². The second-order valence-corrected chi connectivity index (χ2v) is 4.96. The third-order valence-electron chi connectivity index (χ3n) is 3.18. The Morgan fingerprint density at radius 1 is 1.44 bits per heavy atom. The summed E-state index contributed by atoms with van der Waals surface area (Å²) in [7, 11) is 3.85. The average molecular weight is 254 g/mol. The highest BCUT2D eigenvalue weighted by molar-refractivity contribution is 5.26. The molecule has 1 rings (SSSR count). The monoisotopic (exact) mass is 254 g/mol. The summed E-state index contributed by atoms with van der Waals surface area (Å²) in [6.45, 7) is 9.10. The molecule has 1 N–H and O–H groups in total. The summed E-state index contributed by atoms with van der Waals surface area (Å²) in [6, 6.07) is 0.863. The summed E-state index contributed by atoms with van der Waals surface area (Å²) in [5.74, 6) is 0.914. The maximum absolute atomic E-state index is 5.17. The standard InChI is InChI=1S/C13H26N4O/c1-11(2)16(4)8-6-14-13-15-7-9-17(13)12(3)10-18-5/h7,9,11-12H,6,8,10H2,1-5H3,(H,14,15). The van der Waals surface area contributed by atoms with Gasteiger partial charge in [0.15, 0.2) is 0 Å². The molecule has 0 aliphatic rings. The molecule has 0 spiro atoms. The molecule has 0 aliphatic carbocycles. The van der Waals surface area contributed by atoms with Crippen LogP contribution in [0, 0.1) is 0 Å². The van der Waals surface area contributed by atoms with Gasteiger partial charge in [-0.2, -0.15) is 0 Å². The Morgan fingerprint density at radius 3 is 2.78 bits per heavy atom. The van der Waals surface area contributed by atoms with Crippen LogP contribution in [0.2, 0.25) is 0 Å². The maximum Gasteiger partial charge on any atom is 0.203 e. The third-order valence-corrected chi connectivity index (χ3v) is 3.18. The van der Waals surface area contributed by atoms with Gasteiger partial charge in [-0.1, -0.05) is 0 Å². The highest BCUT2D eigenvalue weighted by Crippen LogP contribution is 2.13. The van der Waals surface area contributed by atoms with Gasteiger partial charge in [-0.15, -0.1) is 0 Å². The summed E-state index contributed by atoms with van der Waals surface area (Å²) in [5.41, 5.74) is 0. The van der Waals surface area contributed by atoms with E-state index >= 15 is 0 Å². The number of hydrogen-bond donors (Lipinski definition) is 1. The molecule has 1 aromatic heterocycles. The summed E-state index contributed by atoms with van der Waals surface area (Å²) < 4.78 is 7.28. The van der Waals surface area contributed by atoms with Gasteiger partial charge in [0.1, 0.15) is 0 Å². The van der Waals surface area contributed by atoms with E-state index in [1.165, 1.54) is 0 Å². The molecule has 5 nitrogen and oxygen atoms in total. The normalized spacial score (nSPS) is 13.3. The number of aromatic nitrogens is 2. The molecule has 0 radical (unpaired) electrons. The number of nitrogens with zero attached hydrogens (tertiary/aromatic N) is 3. The van der Waals surface area contributed by atoms with Crippen LogP contribution in [0.4, 0.5) is 5.95 Å². The molecule has 0 aromatic carbocycles. The number of hydrogen-bond acceptors (Lipinski definition) is 4. The van der Waals surface area contributed by atoms with E-state index in [9.17, 15) is 0 Å². The smallest absolute Gasteiger partial charge is 0.203 e. The van der Waals surface area contributed by atoms with Gasteiger partial charge in [-0.3, -0.25) is 0 Å². The summed E-state index contributed by atoms with van der Waals surface area (Å²) in [5, 5.41) is 3.37. The van der Waals surface area contributed by atoms with Crippen LogP contribution in [0.1, 0.15) is 26.8 Å². The second-order valence-electron chi connectivity index (χ2n) is 4.96. The number of anilines is 1. The van der Waals surface area contributed by atoms with E-state index in [0.717, 1.165) is 19.0 Å². The van der Waals surface area contributed by atoms with Crippen molar-refractivity contribution in [3.63, 3.8) is 0 Å². The minimum absolute atomic E-state index is 0.294. The van der Waals surface area contributed by atoms with E-state index in [2.05, 4.69) is 47.6 Å². The first-order valence-electron chi connectivity index (χ1n) is 6.52. The lowest BCUT2D eigenvalue weighted by molar-refractivity contribution is 0.163. The Hall–Kier alpha value is -1.07. The van der Waals surface area contributed by atoms with Gasteiger partial charge in [0.05, 0.1) is 12.6 Å². The number of likely N-dealkylation sites (N-methyl/N-ethyl adjacent to an activating group) is 1. The van der Waals surface area contributed by atoms with Crippen molar-refractivity contribution in [2.24, 2.45) is 0 Å². The van der Waals surface area contributed by atoms with Crippen molar-refractivity contribution in [3.8, 4) is 0 Å². The van der Waals surface area contributed by atoms with E-state index in [-0.39, 0.29) is 0 Å². The highest BCUT2D eigenvalue weighted by Gasteiger charge is 2.09. The lowest BCUT2D eigenvalue weighted by Gasteiger charge is -2.22. The zero-order valence-electron chi connectivity index (χ0n) is 12.2. The number of nitrogens with one attached hydrogen (secondary N) is 1. The quantitative estimate of drug-likeness (QED) is 0.768. The van der Waals surface area contributed by atoms with Gasteiger partial charge in [-0.05, 0) is 27.8 Å². The van der Waals surface area contributed by atoms with E-state index in [1.807, 2.05) is 12.4 Å². The van der Waals surface area contributed by atoms with Crippen molar-refractivity contribution in [1.29, 1.82) is 0 Å². The summed E-state index contributed by atoms with van der Waals surface area (Å²) in [4.78, 5) is 6.64. The molecule has 0 bridgehead atoms. The SMILES string of the molecule is COCC(C)n1ccnc1NCCN(C)C(C)C. The Labute approximate surface area is 110 Å². The fraction of sp³-hybridized carbons (Fsp3) is 0.769. The lowest BCUT2D eigenvalue weighted by Crippen LogP contribution is -2.31. The Balaban J connectivity index is 2.45. The number of imidazole rings is 1. The van der Waals surface area contributed by atoms with Crippen molar-refractivity contribution in [2.75, 3.05) is 39.2 Å². The van der Waals surface area contributed by atoms with Crippen molar-refractivity contribution in [2.45, 2.75) is 32.9 Å². The molecular formula is C13H26N4O. The zero-order valence-corrected chi connectivity index (χ0v) is 12.2. The van der Waals surface area contributed by atoms with Crippen LogP contribution in [0.5, 0.6) is 0 Å². The molecule has 1 atom stereocenters. The van der Waals surface area contributed by atoms with Gasteiger partial charge < -0.3 is 19.5 Å². The predicted molar refractivity (Wildman–Crippen MR) is 75.1 cm³/mol. The van der Waals surface area contributed by atoms with Gasteiger partial charge in [-0.25, -0.2) is 4.98 Å². The van der Waals surface area contributed by atoms with Crippen molar-refractivity contribution >= 4 is 5.95 Å². The van der Waals surface area contributed by atoms with Crippen LogP contribution in [-0.2, 0) is 4.74 Å². The largest absolute Gasteiger partial charge is 0.383 e. The number of rotatable bonds is 8. The van der Waals surface area contributed by atoms with E-state index < -0.39 is 0 Å². The Kier molecular flexibility index (Phi) is 6.15. The summed E-state index contributed by atoms with van der Waals surface area (Å²) in [6.07, 6.45) is 3.80. The van der Waals surface area contributed by atoms with Crippen molar-refractivity contribution < 1.29 is 4.74 Å². The average Bonchev–Trinajstić information content (AvgIpc) is 2.77. The molecule has 0 aliphatic heterocycles. The van der Waals surface area contributed by atoms with Gasteiger partial charge >= 0.3 is 0 Å². The molecule has 18 heavy (non-hydrogen) atoms. The number of methoxy groups -OCH3 is 1. The molecule has 0 fully saturated rings. The molecule has 5 heteroatoms. The number of ether oxygens (including phenoxy) is 1. The van der Waals surface area contributed by atoms with Gasteiger partial charge in [0.25, 0.3) is 0 Å². The Bertz CT molecular complexity index is 337. The minimum atomic E-state index is 0.294. The van der Waals surface area contributed by atoms with Crippen LogP contribution < -0.4 is 5.32 Å². The lowest BCUT2D eigenvalue weighted by atomic mass is 10.3. The fourth-order valence-electron chi connectivity index (χ4n) is 1.73. The first kappa shape index (κ1) is 15.0. The van der Waals surface area contributed by atoms with Crippen molar-refractivity contribution in [3.05, 3.63) is 12.4 Å². The van der Waals surface area contributed by atoms with Crippen LogP contribution in [-0.4, -0.2) is 54.3 Å². The topological polar surface area (TPSA) is 42.3 Å². The molecule has 1 unspecified atom stereocenters. The molecule has 0 saturated heterocycles. The molecular weight excluding hydrogens is 228 g/mol. The second kappa shape index (κ2) is 7.38. The third kappa shape index (κ3) is 4.31. The first-order chi connectivity index (χ1) is 8.56. The maximum atomic E-state index is 5.17. The molecule has 104 valence electrons. The van der Waals surface area contributed by atoms with Gasteiger partial charge in [0.2, 0.25) is 5.95 Å². The van der Waals surface area contributed by atoms with Crippen LogP contribution in [0.25, 0.3) is 0 Å². The van der Waals surface area contributed by atoms with E-state index in [4.69, 9.17) is 4.74 Å². The molecule has 1 aromatic rings. The van der Waals surface area contributed by atoms with Crippen LogP contribution >= 0.6 is 0 Å². The fourth-order valence-corrected chi connectivity index (χ4v) is 1.73. The molecule has 0 amide bonds. The molecule has 0 saturated carbocycles. The highest BCUT2D eigenvalue weighted by atomic mass is 16.5. The Morgan fingerprint density at radius 2 is 2.17 bits per heavy atom. The predicted octanol–water partition coefficient (Wildman–Crippen LogP) is 1.84. The first-order valence-corrected chi connectivity index (χ1v) is 6.52.